The molecule has 0 spiro atoms. The van der Waals surface area contributed by atoms with E-state index in [4.69, 9.17) is 11.6 Å². The minimum atomic E-state index is 0.254. The Balaban J connectivity index is 1.94. The number of aliphatic hydroxyl groups excluding tert-OH is 1. The minimum absolute atomic E-state index is 0.254. The first kappa shape index (κ1) is 11.8. The van der Waals surface area contributed by atoms with E-state index in [2.05, 4.69) is 15.7 Å². The second kappa shape index (κ2) is 4.75. The van der Waals surface area contributed by atoms with E-state index < -0.39 is 0 Å². The van der Waals surface area contributed by atoms with Crippen molar-refractivity contribution in [3.63, 3.8) is 0 Å². The molecule has 94 valence electrons. The summed E-state index contributed by atoms with van der Waals surface area (Å²) in [6, 6.07) is 7.75. The van der Waals surface area contributed by atoms with Gasteiger partial charge in [-0.25, -0.2) is 4.98 Å². The van der Waals surface area contributed by atoms with E-state index in [1.165, 1.54) is 0 Å². The molecule has 0 amide bonds. The molecule has 4 heteroatoms. The van der Waals surface area contributed by atoms with E-state index in [1.807, 2.05) is 24.3 Å². The lowest BCUT2D eigenvalue weighted by atomic mass is 10.0. The maximum atomic E-state index is 9.23. The van der Waals surface area contributed by atoms with E-state index in [0.717, 1.165) is 41.5 Å². The van der Waals surface area contributed by atoms with Crippen molar-refractivity contribution >= 4 is 11.6 Å². The summed E-state index contributed by atoms with van der Waals surface area (Å²) in [5.74, 6) is 1.47. The van der Waals surface area contributed by atoms with Crippen LogP contribution in [-0.4, -0.2) is 21.3 Å². The third-order valence-corrected chi connectivity index (χ3v) is 3.70. The Morgan fingerprint density at radius 2 is 2.33 bits per heavy atom. The van der Waals surface area contributed by atoms with Crippen LogP contribution in [0.1, 0.15) is 12.2 Å². The van der Waals surface area contributed by atoms with Gasteiger partial charge >= 0.3 is 0 Å². The number of fused-ring (bicyclic) bond motifs is 1. The number of nitrogens with zero attached hydrogens (tertiary/aromatic N) is 2. The fraction of sp³-hybridized carbons (Fsp3) is 0.357. The maximum absolute atomic E-state index is 9.23. The quantitative estimate of drug-likeness (QED) is 0.904. The Hall–Kier alpha value is -1.32. The zero-order chi connectivity index (χ0) is 12.5. The summed E-state index contributed by atoms with van der Waals surface area (Å²) in [6.45, 7) is 1.11. The van der Waals surface area contributed by atoms with Gasteiger partial charge in [0.05, 0.1) is 5.69 Å². The summed E-state index contributed by atoms with van der Waals surface area (Å²) in [5.41, 5.74) is 2.01. The number of aryl methyl sites for hydroxylation is 1. The first-order valence-electron chi connectivity index (χ1n) is 6.19. The van der Waals surface area contributed by atoms with Crippen molar-refractivity contribution in [2.24, 2.45) is 5.92 Å². The average molecular weight is 263 g/mol. The highest BCUT2D eigenvalue weighted by Crippen LogP contribution is 2.26. The van der Waals surface area contributed by atoms with Gasteiger partial charge in [-0.3, -0.25) is 0 Å². The fourth-order valence-electron chi connectivity index (χ4n) is 2.45. The van der Waals surface area contributed by atoms with Crippen LogP contribution in [0.25, 0.3) is 11.3 Å². The summed E-state index contributed by atoms with van der Waals surface area (Å²) in [7, 11) is 0. The third kappa shape index (κ3) is 2.16. The molecule has 0 fully saturated rings. The van der Waals surface area contributed by atoms with Crippen LogP contribution >= 0.6 is 11.6 Å². The Morgan fingerprint density at radius 3 is 3.11 bits per heavy atom. The molecule has 0 saturated carbocycles. The summed E-state index contributed by atoms with van der Waals surface area (Å²) >= 11 is 6.00. The van der Waals surface area contributed by atoms with Crippen molar-refractivity contribution in [2.45, 2.75) is 19.4 Å². The van der Waals surface area contributed by atoms with Gasteiger partial charge in [-0.2, -0.15) is 0 Å². The standard InChI is InChI=1S/C14H15ClN2O/c15-12-3-1-2-11(6-12)13-8-17-7-10(9-18)4-5-14(17)16-13/h1-3,6,8,10,18H,4-5,7,9H2. The van der Waals surface area contributed by atoms with Crippen molar-refractivity contribution in [1.82, 2.24) is 9.55 Å². The highest BCUT2D eigenvalue weighted by atomic mass is 35.5. The number of hydrogen-bond donors (Lipinski definition) is 1. The molecule has 1 atom stereocenters. The molecule has 3 rings (SSSR count). The van der Waals surface area contributed by atoms with Gasteiger partial charge in [-0.1, -0.05) is 23.7 Å². The predicted molar refractivity (Wildman–Crippen MR) is 71.6 cm³/mol. The second-order valence-electron chi connectivity index (χ2n) is 4.79. The molecule has 0 saturated heterocycles. The van der Waals surface area contributed by atoms with Gasteiger partial charge < -0.3 is 9.67 Å². The molecule has 2 heterocycles. The van der Waals surface area contributed by atoms with Crippen LogP contribution in [0.3, 0.4) is 0 Å². The average Bonchev–Trinajstić information content (AvgIpc) is 2.81. The van der Waals surface area contributed by atoms with Gasteiger partial charge in [0.25, 0.3) is 0 Å². The van der Waals surface area contributed by atoms with Gasteiger partial charge in [-0.15, -0.1) is 0 Å². The summed E-state index contributed by atoms with van der Waals surface area (Å²) < 4.78 is 2.15. The largest absolute Gasteiger partial charge is 0.396 e. The lowest BCUT2D eigenvalue weighted by Crippen LogP contribution is -2.22. The number of benzene rings is 1. The Kier molecular flexibility index (Phi) is 3.10. The Bertz CT molecular complexity index is 565. The smallest absolute Gasteiger partial charge is 0.109 e. The van der Waals surface area contributed by atoms with Crippen molar-refractivity contribution < 1.29 is 5.11 Å². The van der Waals surface area contributed by atoms with Gasteiger partial charge in [0.15, 0.2) is 0 Å². The number of imidazole rings is 1. The van der Waals surface area contributed by atoms with Crippen LogP contribution in [0.2, 0.25) is 5.02 Å². The molecule has 3 nitrogen and oxygen atoms in total. The van der Waals surface area contributed by atoms with Crippen LogP contribution in [0.15, 0.2) is 30.5 Å². The van der Waals surface area contributed by atoms with Crippen molar-refractivity contribution in [3.05, 3.63) is 41.3 Å². The third-order valence-electron chi connectivity index (χ3n) is 3.47. The van der Waals surface area contributed by atoms with Crippen LogP contribution < -0.4 is 0 Å². The number of aliphatic hydroxyl groups is 1. The van der Waals surface area contributed by atoms with Gasteiger partial charge in [-0.05, 0) is 18.6 Å². The monoisotopic (exact) mass is 262 g/mol. The highest BCUT2D eigenvalue weighted by Gasteiger charge is 2.20. The van der Waals surface area contributed by atoms with Crippen LogP contribution in [0.5, 0.6) is 0 Å². The molecule has 1 aromatic carbocycles. The van der Waals surface area contributed by atoms with Gasteiger partial charge in [0.2, 0.25) is 0 Å². The molecule has 1 N–H and O–H groups in total. The number of halogens is 1. The maximum Gasteiger partial charge on any atom is 0.109 e. The fourth-order valence-corrected chi connectivity index (χ4v) is 2.64. The summed E-state index contributed by atoms with van der Waals surface area (Å²) in [6.07, 6.45) is 4.01. The molecule has 1 aliphatic rings. The van der Waals surface area contributed by atoms with Crippen molar-refractivity contribution in [3.8, 4) is 11.3 Å². The molecule has 0 aliphatic carbocycles. The molecule has 1 unspecified atom stereocenters. The summed E-state index contributed by atoms with van der Waals surface area (Å²) in [4.78, 5) is 4.65. The number of hydrogen-bond acceptors (Lipinski definition) is 2. The molecule has 2 aromatic rings. The van der Waals surface area contributed by atoms with Crippen LogP contribution in [-0.2, 0) is 13.0 Å². The molecule has 1 aromatic heterocycles. The first-order valence-corrected chi connectivity index (χ1v) is 6.57. The molecule has 18 heavy (non-hydrogen) atoms. The van der Waals surface area contributed by atoms with Gasteiger partial charge in [0.1, 0.15) is 5.82 Å². The van der Waals surface area contributed by atoms with E-state index in [9.17, 15) is 5.11 Å². The molecular weight excluding hydrogens is 248 g/mol. The normalized spacial score (nSPS) is 18.7. The van der Waals surface area contributed by atoms with E-state index in [0.29, 0.717) is 5.92 Å². The van der Waals surface area contributed by atoms with E-state index in [-0.39, 0.29) is 6.61 Å². The summed E-state index contributed by atoms with van der Waals surface area (Å²) in [5, 5.41) is 9.95. The lowest BCUT2D eigenvalue weighted by molar-refractivity contribution is 0.190. The number of aromatic nitrogens is 2. The SMILES string of the molecule is OCC1CCc2nc(-c3cccc(Cl)c3)cn2C1. The topological polar surface area (TPSA) is 38.1 Å². The Labute approximate surface area is 111 Å². The van der Waals surface area contributed by atoms with Crippen molar-refractivity contribution in [2.75, 3.05) is 6.61 Å². The predicted octanol–water partition coefficient (Wildman–Crippen LogP) is 2.76. The second-order valence-corrected chi connectivity index (χ2v) is 5.23. The van der Waals surface area contributed by atoms with E-state index in [1.54, 1.807) is 0 Å². The Morgan fingerprint density at radius 1 is 1.44 bits per heavy atom. The minimum Gasteiger partial charge on any atom is -0.396 e. The van der Waals surface area contributed by atoms with Crippen LogP contribution in [0, 0.1) is 5.92 Å². The van der Waals surface area contributed by atoms with E-state index >= 15 is 0 Å². The molecule has 0 radical (unpaired) electrons. The van der Waals surface area contributed by atoms with Gasteiger partial charge in [0, 0.05) is 42.3 Å². The highest BCUT2D eigenvalue weighted by molar-refractivity contribution is 6.30. The lowest BCUT2D eigenvalue weighted by Gasteiger charge is -2.21. The first-order chi connectivity index (χ1) is 8.76. The van der Waals surface area contributed by atoms with Crippen LogP contribution in [0.4, 0.5) is 0 Å². The molecular formula is C14H15ClN2O. The zero-order valence-electron chi connectivity index (χ0n) is 10.0. The molecule has 1 aliphatic heterocycles. The zero-order valence-corrected chi connectivity index (χ0v) is 10.8. The van der Waals surface area contributed by atoms with Crippen molar-refractivity contribution in [1.29, 1.82) is 0 Å². The molecule has 0 bridgehead atoms. The number of rotatable bonds is 2.